The third-order valence-corrected chi connectivity index (χ3v) is 4.75. The zero-order valence-corrected chi connectivity index (χ0v) is 16.3. The maximum absolute atomic E-state index is 12.2. The van der Waals surface area contributed by atoms with Crippen molar-refractivity contribution in [1.82, 2.24) is 9.97 Å². The molecule has 2 aromatic heterocycles. The van der Waals surface area contributed by atoms with E-state index in [9.17, 15) is 9.59 Å². The van der Waals surface area contributed by atoms with Gasteiger partial charge in [0.1, 0.15) is 12.0 Å². The van der Waals surface area contributed by atoms with Gasteiger partial charge in [0.2, 0.25) is 11.2 Å². The van der Waals surface area contributed by atoms with Gasteiger partial charge in [-0.15, -0.1) is 0 Å². The maximum Gasteiger partial charge on any atom is 0.345 e. The first kappa shape index (κ1) is 19.4. The van der Waals surface area contributed by atoms with Gasteiger partial charge in [-0.1, -0.05) is 35.0 Å². The number of esters is 1. The number of halogens is 2. The lowest BCUT2D eigenvalue weighted by Crippen LogP contribution is -2.15. The number of ether oxygens (including phenoxy) is 1. The van der Waals surface area contributed by atoms with Crippen molar-refractivity contribution < 1.29 is 13.9 Å². The molecular formula is C18H12Cl2N2O4S. The summed E-state index contributed by atoms with van der Waals surface area (Å²) in [7, 11) is 0. The predicted molar refractivity (Wildman–Crippen MR) is 103 cm³/mol. The van der Waals surface area contributed by atoms with E-state index >= 15 is 0 Å². The molecule has 2 heterocycles. The SMILES string of the molecule is Cc1ccnc(SCc2cc(=O)c(OC(=O)c3ccc(Cl)cc3Cl)co2)n1. The normalized spacial score (nSPS) is 10.6. The molecule has 0 saturated carbocycles. The molecule has 6 nitrogen and oxygen atoms in total. The molecule has 0 aliphatic carbocycles. The van der Waals surface area contributed by atoms with Gasteiger partial charge in [0, 0.05) is 23.0 Å². The van der Waals surface area contributed by atoms with Crippen molar-refractivity contribution in [3.63, 3.8) is 0 Å². The van der Waals surface area contributed by atoms with Crippen LogP contribution in [0.4, 0.5) is 0 Å². The van der Waals surface area contributed by atoms with E-state index in [4.69, 9.17) is 32.4 Å². The van der Waals surface area contributed by atoms with Crippen LogP contribution in [0, 0.1) is 6.92 Å². The second-order valence-corrected chi connectivity index (χ2v) is 7.14. The van der Waals surface area contributed by atoms with Crippen LogP contribution in [0.5, 0.6) is 5.75 Å². The van der Waals surface area contributed by atoms with Crippen molar-refractivity contribution in [2.24, 2.45) is 0 Å². The summed E-state index contributed by atoms with van der Waals surface area (Å²) >= 11 is 13.1. The first-order valence-electron chi connectivity index (χ1n) is 7.64. The van der Waals surface area contributed by atoms with Gasteiger partial charge >= 0.3 is 5.97 Å². The molecule has 0 radical (unpaired) electrons. The van der Waals surface area contributed by atoms with Crippen molar-refractivity contribution in [3.8, 4) is 5.75 Å². The molecule has 138 valence electrons. The van der Waals surface area contributed by atoms with Gasteiger partial charge in [-0.25, -0.2) is 14.8 Å². The molecule has 0 bridgehead atoms. The largest absolute Gasteiger partial charge is 0.464 e. The maximum atomic E-state index is 12.2. The number of hydrogen-bond donors (Lipinski definition) is 0. The summed E-state index contributed by atoms with van der Waals surface area (Å²) in [6.07, 6.45) is 2.75. The van der Waals surface area contributed by atoms with Crippen LogP contribution < -0.4 is 10.2 Å². The van der Waals surface area contributed by atoms with Crippen LogP contribution in [0.25, 0.3) is 0 Å². The highest BCUT2D eigenvalue weighted by atomic mass is 35.5. The minimum absolute atomic E-state index is 0.0942. The Labute approximate surface area is 168 Å². The summed E-state index contributed by atoms with van der Waals surface area (Å²) in [6, 6.07) is 7.38. The van der Waals surface area contributed by atoms with Crippen LogP contribution in [0.1, 0.15) is 21.8 Å². The summed E-state index contributed by atoms with van der Waals surface area (Å²) in [5.74, 6) is -0.249. The van der Waals surface area contributed by atoms with Crippen molar-refractivity contribution in [1.29, 1.82) is 0 Å². The predicted octanol–water partition coefficient (Wildman–Crippen LogP) is 4.56. The second-order valence-electron chi connectivity index (χ2n) is 5.36. The molecule has 0 unspecified atom stereocenters. The molecule has 3 rings (SSSR count). The first-order valence-corrected chi connectivity index (χ1v) is 9.38. The number of benzene rings is 1. The summed E-state index contributed by atoms with van der Waals surface area (Å²) in [5, 5.41) is 1.09. The van der Waals surface area contributed by atoms with E-state index in [2.05, 4.69) is 9.97 Å². The Balaban J connectivity index is 1.69. The van der Waals surface area contributed by atoms with Crippen LogP contribution in [0.3, 0.4) is 0 Å². The number of carbonyl (C=O) groups excluding carboxylic acids is 1. The highest BCUT2D eigenvalue weighted by molar-refractivity contribution is 7.98. The van der Waals surface area contributed by atoms with Crippen LogP contribution in [-0.2, 0) is 5.75 Å². The number of thioether (sulfide) groups is 1. The highest BCUT2D eigenvalue weighted by Crippen LogP contribution is 2.23. The Morgan fingerprint density at radius 1 is 1.26 bits per heavy atom. The standard InChI is InChI=1S/C18H12Cl2N2O4S/c1-10-4-5-21-18(22-10)27-9-12-7-15(23)16(8-25-12)26-17(24)13-3-2-11(19)6-14(13)20/h2-8H,9H2,1H3. The number of aromatic nitrogens is 2. The molecule has 27 heavy (non-hydrogen) atoms. The molecule has 0 N–H and O–H groups in total. The van der Waals surface area contributed by atoms with Crippen LogP contribution in [-0.4, -0.2) is 15.9 Å². The van der Waals surface area contributed by atoms with Crippen molar-refractivity contribution in [2.45, 2.75) is 17.8 Å². The van der Waals surface area contributed by atoms with Crippen molar-refractivity contribution in [3.05, 3.63) is 80.1 Å². The van der Waals surface area contributed by atoms with E-state index in [1.165, 1.54) is 36.0 Å². The average molecular weight is 423 g/mol. The van der Waals surface area contributed by atoms with Gasteiger partial charge in [0.25, 0.3) is 0 Å². The molecular weight excluding hydrogens is 411 g/mol. The van der Waals surface area contributed by atoms with Crippen LogP contribution in [0.2, 0.25) is 10.0 Å². The third kappa shape index (κ3) is 5.09. The zero-order valence-electron chi connectivity index (χ0n) is 13.9. The van der Waals surface area contributed by atoms with E-state index in [1.807, 2.05) is 6.92 Å². The fraction of sp³-hybridized carbons (Fsp3) is 0.111. The average Bonchev–Trinajstić information content (AvgIpc) is 2.62. The third-order valence-electron chi connectivity index (χ3n) is 3.32. The van der Waals surface area contributed by atoms with Gasteiger partial charge in [0.15, 0.2) is 5.16 Å². The van der Waals surface area contributed by atoms with E-state index < -0.39 is 11.4 Å². The topological polar surface area (TPSA) is 82.3 Å². The van der Waals surface area contributed by atoms with Gasteiger partial charge < -0.3 is 9.15 Å². The first-order chi connectivity index (χ1) is 12.9. The number of hydrogen-bond acceptors (Lipinski definition) is 7. The van der Waals surface area contributed by atoms with E-state index in [0.717, 1.165) is 12.0 Å². The lowest BCUT2D eigenvalue weighted by atomic mass is 10.2. The molecule has 0 aliphatic rings. The molecule has 9 heteroatoms. The summed E-state index contributed by atoms with van der Waals surface area (Å²) in [5.41, 5.74) is 0.453. The zero-order chi connectivity index (χ0) is 19.4. The quantitative estimate of drug-likeness (QED) is 0.338. The van der Waals surface area contributed by atoms with Crippen molar-refractivity contribution >= 4 is 40.9 Å². The van der Waals surface area contributed by atoms with Gasteiger partial charge in [-0.3, -0.25) is 4.79 Å². The van der Waals surface area contributed by atoms with E-state index in [-0.39, 0.29) is 16.3 Å². The molecule has 1 aromatic carbocycles. The minimum Gasteiger partial charge on any atom is -0.464 e. The van der Waals surface area contributed by atoms with Gasteiger partial charge in [-0.2, -0.15) is 0 Å². The van der Waals surface area contributed by atoms with Crippen LogP contribution in [0.15, 0.2) is 57.2 Å². The van der Waals surface area contributed by atoms with Crippen LogP contribution >= 0.6 is 35.0 Å². The molecule has 0 spiro atoms. The molecule has 0 saturated heterocycles. The Morgan fingerprint density at radius 2 is 2.07 bits per heavy atom. The Hall–Kier alpha value is -2.35. The summed E-state index contributed by atoms with van der Waals surface area (Å²) < 4.78 is 10.5. The molecule has 0 amide bonds. The molecule has 0 fully saturated rings. The smallest absolute Gasteiger partial charge is 0.345 e. The highest BCUT2D eigenvalue weighted by Gasteiger charge is 2.16. The fourth-order valence-electron chi connectivity index (χ4n) is 2.03. The molecule has 0 atom stereocenters. The Bertz CT molecular complexity index is 1060. The number of rotatable bonds is 5. The monoisotopic (exact) mass is 422 g/mol. The van der Waals surface area contributed by atoms with Gasteiger partial charge in [0.05, 0.1) is 16.3 Å². The minimum atomic E-state index is -0.778. The lowest BCUT2D eigenvalue weighted by Gasteiger charge is -2.06. The molecule has 0 aliphatic heterocycles. The summed E-state index contributed by atoms with van der Waals surface area (Å²) in [4.78, 5) is 32.7. The fourth-order valence-corrected chi connectivity index (χ4v) is 3.28. The second kappa shape index (κ2) is 8.56. The number of carbonyl (C=O) groups is 1. The number of nitrogens with zero attached hydrogens (tertiary/aromatic N) is 2. The summed E-state index contributed by atoms with van der Waals surface area (Å²) in [6.45, 7) is 1.86. The number of aryl methyl sites for hydroxylation is 1. The molecule has 3 aromatic rings. The van der Waals surface area contributed by atoms with Crippen molar-refractivity contribution in [2.75, 3.05) is 0 Å². The van der Waals surface area contributed by atoms with E-state index in [1.54, 1.807) is 12.3 Å². The lowest BCUT2D eigenvalue weighted by molar-refractivity contribution is 0.0729. The van der Waals surface area contributed by atoms with E-state index in [0.29, 0.717) is 21.7 Å². The Kier molecular flexibility index (Phi) is 6.15. The van der Waals surface area contributed by atoms with Gasteiger partial charge in [-0.05, 0) is 31.2 Å². The Morgan fingerprint density at radius 3 is 2.78 bits per heavy atom.